The van der Waals surface area contributed by atoms with Crippen LogP contribution in [-0.2, 0) is 0 Å². The van der Waals surface area contributed by atoms with E-state index in [1.807, 2.05) is 12.1 Å². The highest BCUT2D eigenvalue weighted by molar-refractivity contribution is 7.80. The van der Waals surface area contributed by atoms with Crippen molar-refractivity contribution < 1.29 is 4.42 Å². The number of nitrogens with one attached hydrogen (secondary N) is 1. The number of likely N-dealkylation sites (N-methyl/N-ethyl adjacent to an activating group) is 1. The summed E-state index contributed by atoms with van der Waals surface area (Å²) in [6.07, 6.45) is 1.70. The third-order valence-electron chi connectivity index (χ3n) is 3.94. The van der Waals surface area contributed by atoms with Crippen molar-refractivity contribution in [3.63, 3.8) is 0 Å². The first kappa shape index (κ1) is 18.5. The monoisotopic (exact) mass is 345 g/mol. The first-order chi connectivity index (χ1) is 11.4. The van der Waals surface area contributed by atoms with Gasteiger partial charge in [-0.3, -0.25) is 0 Å². The van der Waals surface area contributed by atoms with Crippen molar-refractivity contribution in [2.24, 2.45) is 0 Å². The van der Waals surface area contributed by atoms with Crippen LogP contribution in [0.25, 0.3) is 0 Å². The molecule has 0 radical (unpaired) electrons. The van der Waals surface area contributed by atoms with Gasteiger partial charge in [0.2, 0.25) is 0 Å². The van der Waals surface area contributed by atoms with Gasteiger partial charge in [0, 0.05) is 18.8 Å². The number of furan rings is 1. The van der Waals surface area contributed by atoms with Gasteiger partial charge < -0.3 is 19.5 Å². The van der Waals surface area contributed by atoms with Gasteiger partial charge in [-0.1, -0.05) is 6.07 Å². The van der Waals surface area contributed by atoms with Crippen LogP contribution in [0, 0.1) is 13.8 Å². The standard InChI is InChI=1S/C19H27N3OS/c1-14-11-15(2)13-17(12-14)20-19(24)22(9-8-21(4)5)16(3)18-7-6-10-23-18/h6-7,10-13,16H,8-9H2,1-5H3,(H,20,24). The van der Waals surface area contributed by atoms with Gasteiger partial charge in [0.05, 0.1) is 12.3 Å². The second kappa shape index (κ2) is 8.31. The zero-order valence-corrected chi connectivity index (χ0v) is 16.0. The maximum atomic E-state index is 5.70. The third kappa shape index (κ3) is 5.08. The summed E-state index contributed by atoms with van der Waals surface area (Å²) < 4.78 is 5.58. The molecule has 2 rings (SSSR count). The zero-order chi connectivity index (χ0) is 17.7. The molecule has 1 aromatic carbocycles. The van der Waals surface area contributed by atoms with Crippen LogP contribution in [0.2, 0.25) is 0 Å². The molecule has 0 aliphatic heterocycles. The maximum Gasteiger partial charge on any atom is 0.174 e. The minimum Gasteiger partial charge on any atom is -0.467 e. The molecule has 0 bridgehead atoms. The van der Waals surface area contributed by atoms with Crippen molar-refractivity contribution in [3.8, 4) is 0 Å². The highest BCUT2D eigenvalue weighted by atomic mass is 32.1. The summed E-state index contributed by atoms with van der Waals surface area (Å²) >= 11 is 5.70. The highest BCUT2D eigenvalue weighted by Crippen LogP contribution is 2.22. The summed E-state index contributed by atoms with van der Waals surface area (Å²) in [5, 5.41) is 4.10. The summed E-state index contributed by atoms with van der Waals surface area (Å²) in [6.45, 7) is 8.04. The fourth-order valence-electron chi connectivity index (χ4n) is 2.70. The maximum absolute atomic E-state index is 5.70. The summed E-state index contributed by atoms with van der Waals surface area (Å²) in [6, 6.07) is 10.4. The van der Waals surface area contributed by atoms with E-state index in [0.717, 1.165) is 24.5 Å². The smallest absolute Gasteiger partial charge is 0.174 e. The van der Waals surface area contributed by atoms with E-state index in [1.165, 1.54) is 11.1 Å². The summed E-state index contributed by atoms with van der Waals surface area (Å²) in [5.74, 6) is 0.915. The Morgan fingerprint density at radius 1 is 1.17 bits per heavy atom. The molecule has 0 aliphatic carbocycles. The minimum absolute atomic E-state index is 0.0749. The van der Waals surface area contributed by atoms with Gasteiger partial charge in [0.25, 0.3) is 0 Å². The number of aryl methyl sites for hydroxylation is 2. The Labute approximate surface area is 150 Å². The second-order valence-corrected chi connectivity index (χ2v) is 6.88. The van der Waals surface area contributed by atoms with E-state index in [-0.39, 0.29) is 6.04 Å². The normalized spacial score (nSPS) is 12.2. The number of hydrogen-bond acceptors (Lipinski definition) is 3. The van der Waals surface area contributed by atoms with Crippen LogP contribution in [0.15, 0.2) is 41.0 Å². The van der Waals surface area contributed by atoms with Gasteiger partial charge in [-0.15, -0.1) is 0 Å². The van der Waals surface area contributed by atoms with Gasteiger partial charge >= 0.3 is 0 Å². The SMILES string of the molecule is Cc1cc(C)cc(NC(=S)N(CCN(C)C)C(C)c2ccco2)c1. The van der Waals surface area contributed by atoms with Crippen molar-refractivity contribution in [2.45, 2.75) is 26.8 Å². The van der Waals surface area contributed by atoms with Gasteiger partial charge in [-0.2, -0.15) is 0 Å². The molecule has 130 valence electrons. The van der Waals surface area contributed by atoms with Crippen LogP contribution in [0.1, 0.15) is 29.9 Å². The van der Waals surface area contributed by atoms with Gasteiger partial charge in [0.1, 0.15) is 5.76 Å². The molecule has 1 aromatic heterocycles. The molecule has 2 aromatic rings. The second-order valence-electron chi connectivity index (χ2n) is 6.49. The topological polar surface area (TPSA) is 31.6 Å². The van der Waals surface area contributed by atoms with Gasteiger partial charge in [0.15, 0.2) is 5.11 Å². The van der Waals surface area contributed by atoms with Crippen LogP contribution in [0.5, 0.6) is 0 Å². The van der Waals surface area contributed by atoms with E-state index < -0.39 is 0 Å². The van der Waals surface area contributed by atoms with E-state index in [9.17, 15) is 0 Å². The van der Waals surface area contributed by atoms with Crippen LogP contribution in [0.3, 0.4) is 0 Å². The molecule has 0 fully saturated rings. The van der Waals surface area contributed by atoms with Crippen LogP contribution in [-0.4, -0.2) is 42.1 Å². The molecule has 0 spiro atoms. The van der Waals surface area contributed by atoms with Crippen molar-refractivity contribution in [3.05, 3.63) is 53.5 Å². The van der Waals surface area contributed by atoms with E-state index in [0.29, 0.717) is 5.11 Å². The molecule has 4 nitrogen and oxygen atoms in total. The van der Waals surface area contributed by atoms with Crippen LogP contribution in [0.4, 0.5) is 5.69 Å². The molecule has 1 unspecified atom stereocenters. The van der Waals surface area contributed by atoms with Gasteiger partial charge in [-0.25, -0.2) is 0 Å². The predicted octanol–water partition coefficient (Wildman–Crippen LogP) is 4.22. The Morgan fingerprint density at radius 2 is 1.83 bits per heavy atom. The number of hydrogen-bond donors (Lipinski definition) is 1. The van der Waals surface area contributed by atoms with E-state index in [2.05, 4.69) is 68.2 Å². The number of benzene rings is 1. The van der Waals surface area contributed by atoms with E-state index >= 15 is 0 Å². The number of nitrogens with zero attached hydrogens (tertiary/aromatic N) is 2. The average molecular weight is 346 g/mol. The number of anilines is 1. The lowest BCUT2D eigenvalue weighted by atomic mass is 10.1. The molecule has 0 amide bonds. The van der Waals surface area contributed by atoms with Crippen LogP contribution < -0.4 is 5.32 Å². The molecular weight excluding hydrogens is 318 g/mol. The number of rotatable bonds is 6. The molecule has 24 heavy (non-hydrogen) atoms. The summed E-state index contributed by atoms with van der Waals surface area (Å²) in [5.41, 5.74) is 3.47. The Hall–Kier alpha value is -1.85. The summed E-state index contributed by atoms with van der Waals surface area (Å²) in [4.78, 5) is 4.33. The van der Waals surface area contributed by atoms with Gasteiger partial charge in [-0.05, 0) is 82.5 Å². The molecule has 0 saturated carbocycles. The minimum atomic E-state index is 0.0749. The first-order valence-electron chi connectivity index (χ1n) is 8.21. The lowest BCUT2D eigenvalue weighted by Gasteiger charge is -2.31. The molecular formula is C19H27N3OS. The Kier molecular flexibility index (Phi) is 6.40. The largest absolute Gasteiger partial charge is 0.467 e. The Bertz CT molecular complexity index is 647. The van der Waals surface area contributed by atoms with Crippen molar-refractivity contribution >= 4 is 23.0 Å². The molecule has 1 atom stereocenters. The zero-order valence-electron chi connectivity index (χ0n) is 15.2. The van der Waals surface area contributed by atoms with Crippen LogP contribution >= 0.6 is 12.2 Å². The number of thiocarbonyl (C=S) groups is 1. The van der Waals surface area contributed by atoms with E-state index in [1.54, 1.807) is 6.26 Å². The van der Waals surface area contributed by atoms with Crippen molar-refractivity contribution in [1.82, 2.24) is 9.80 Å². The third-order valence-corrected chi connectivity index (χ3v) is 4.28. The molecule has 0 saturated heterocycles. The Balaban J connectivity index is 2.16. The van der Waals surface area contributed by atoms with Crippen molar-refractivity contribution in [2.75, 3.05) is 32.5 Å². The predicted molar refractivity (Wildman–Crippen MR) is 105 cm³/mol. The summed E-state index contributed by atoms with van der Waals surface area (Å²) in [7, 11) is 4.13. The Morgan fingerprint density at radius 3 is 2.38 bits per heavy atom. The first-order valence-corrected chi connectivity index (χ1v) is 8.61. The molecule has 0 aliphatic rings. The fourth-order valence-corrected chi connectivity index (χ4v) is 3.07. The van der Waals surface area contributed by atoms with Crippen molar-refractivity contribution in [1.29, 1.82) is 0 Å². The molecule has 1 N–H and O–H groups in total. The lowest BCUT2D eigenvalue weighted by Crippen LogP contribution is -2.40. The molecule has 5 heteroatoms. The van der Waals surface area contributed by atoms with E-state index in [4.69, 9.17) is 16.6 Å². The fraction of sp³-hybridized carbons (Fsp3) is 0.421. The quantitative estimate of drug-likeness (QED) is 0.793. The lowest BCUT2D eigenvalue weighted by molar-refractivity contribution is 0.263. The average Bonchev–Trinajstić information content (AvgIpc) is 2.99. The molecule has 1 heterocycles. The highest BCUT2D eigenvalue weighted by Gasteiger charge is 2.21.